The van der Waals surface area contributed by atoms with Crippen LogP contribution in [0, 0.1) is 5.82 Å². The van der Waals surface area contributed by atoms with Gasteiger partial charge in [0.2, 0.25) is 0 Å². The molecule has 0 aliphatic carbocycles. The van der Waals surface area contributed by atoms with E-state index in [1.807, 2.05) is 13.8 Å². The number of anilines is 1. The van der Waals surface area contributed by atoms with Crippen molar-refractivity contribution in [1.29, 1.82) is 0 Å². The number of morpholine rings is 1. The molecule has 0 spiro atoms. The van der Waals surface area contributed by atoms with Crippen LogP contribution in [0.15, 0.2) is 12.3 Å². The van der Waals surface area contributed by atoms with Gasteiger partial charge >= 0.3 is 5.97 Å². The Morgan fingerprint density at radius 1 is 1.68 bits per heavy atom. The zero-order valence-corrected chi connectivity index (χ0v) is 11.0. The van der Waals surface area contributed by atoms with Gasteiger partial charge in [0.25, 0.3) is 0 Å². The van der Waals surface area contributed by atoms with Crippen LogP contribution in [-0.4, -0.2) is 41.4 Å². The quantitative estimate of drug-likeness (QED) is 0.907. The molecule has 0 amide bonds. The number of pyridine rings is 1. The Morgan fingerprint density at radius 3 is 3.05 bits per heavy atom. The summed E-state index contributed by atoms with van der Waals surface area (Å²) in [6.45, 7) is 4.88. The van der Waals surface area contributed by atoms with E-state index in [1.54, 1.807) is 4.90 Å². The second kappa shape index (κ2) is 5.52. The number of carboxylic acid groups (broad SMARTS) is 1. The first-order valence-corrected chi connectivity index (χ1v) is 6.30. The van der Waals surface area contributed by atoms with E-state index in [-0.39, 0.29) is 23.5 Å². The van der Waals surface area contributed by atoms with Crippen molar-refractivity contribution in [3.63, 3.8) is 0 Å². The molecule has 1 N–H and O–H groups in total. The smallest absolute Gasteiger partial charge is 0.338 e. The van der Waals surface area contributed by atoms with Crippen molar-refractivity contribution in [3.05, 3.63) is 23.6 Å². The van der Waals surface area contributed by atoms with Gasteiger partial charge in [0.1, 0.15) is 5.56 Å². The van der Waals surface area contributed by atoms with E-state index >= 15 is 0 Å². The van der Waals surface area contributed by atoms with Gasteiger partial charge in [0, 0.05) is 12.7 Å². The molecule has 0 radical (unpaired) electrons. The molecule has 2 atom stereocenters. The minimum Gasteiger partial charge on any atom is -0.478 e. The first kappa shape index (κ1) is 13.7. The first-order chi connectivity index (χ1) is 9.04. The summed E-state index contributed by atoms with van der Waals surface area (Å²) in [5, 5.41) is 8.95. The van der Waals surface area contributed by atoms with E-state index in [2.05, 4.69) is 4.98 Å². The van der Waals surface area contributed by atoms with Gasteiger partial charge in [-0.05, 0) is 19.4 Å². The van der Waals surface area contributed by atoms with Crippen molar-refractivity contribution in [1.82, 2.24) is 4.98 Å². The third-order valence-corrected chi connectivity index (χ3v) is 3.31. The SMILES string of the molecule is CCC1COC(C)CN1c1nccc(C(=O)O)c1F. The van der Waals surface area contributed by atoms with Crippen LogP contribution in [0.3, 0.4) is 0 Å². The van der Waals surface area contributed by atoms with E-state index in [1.165, 1.54) is 12.3 Å². The van der Waals surface area contributed by atoms with Gasteiger partial charge in [-0.2, -0.15) is 0 Å². The number of carbonyl (C=O) groups is 1. The van der Waals surface area contributed by atoms with E-state index in [4.69, 9.17) is 9.84 Å². The van der Waals surface area contributed by atoms with Crippen molar-refractivity contribution < 1.29 is 19.0 Å². The van der Waals surface area contributed by atoms with E-state index < -0.39 is 11.8 Å². The summed E-state index contributed by atoms with van der Waals surface area (Å²) in [6.07, 6.45) is 2.08. The summed E-state index contributed by atoms with van der Waals surface area (Å²) in [5.41, 5.74) is -0.348. The normalized spacial score (nSPS) is 23.4. The van der Waals surface area contributed by atoms with Gasteiger partial charge in [0.05, 0.1) is 18.8 Å². The van der Waals surface area contributed by atoms with E-state index in [0.29, 0.717) is 13.2 Å². The van der Waals surface area contributed by atoms with Crippen LogP contribution in [0.25, 0.3) is 0 Å². The molecule has 1 aliphatic heterocycles. The van der Waals surface area contributed by atoms with Crippen molar-refractivity contribution >= 4 is 11.8 Å². The summed E-state index contributed by atoms with van der Waals surface area (Å²) in [4.78, 5) is 16.8. The Morgan fingerprint density at radius 2 is 2.42 bits per heavy atom. The number of nitrogens with zero attached hydrogens (tertiary/aromatic N) is 2. The fourth-order valence-electron chi connectivity index (χ4n) is 2.24. The summed E-state index contributed by atoms with van der Waals surface area (Å²) in [7, 11) is 0. The van der Waals surface area contributed by atoms with Crippen molar-refractivity contribution in [2.24, 2.45) is 0 Å². The highest BCUT2D eigenvalue weighted by molar-refractivity contribution is 5.88. The third-order valence-electron chi connectivity index (χ3n) is 3.31. The largest absolute Gasteiger partial charge is 0.478 e. The number of rotatable bonds is 3. The average Bonchev–Trinajstić information content (AvgIpc) is 2.38. The summed E-state index contributed by atoms with van der Waals surface area (Å²) in [6, 6.07) is 1.19. The van der Waals surface area contributed by atoms with Crippen LogP contribution in [0.4, 0.5) is 10.2 Å². The van der Waals surface area contributed by atoms with Gasteiger partial charge < -0.3 is 14.7 Å². The Labute approximate surface area is 111 Å². The van der Waals surface area contributed by atoms with Crippen molar-refractivity contribution in [3.8, 4) is 0 Å². The van der Waals surface area contributed by atoms with Crippen LogP contribution < -0.4 is 4.90 Å². The molecule has 1 saturated heterocycles. The summed E-state index contributed by atoms with van der Waals surface area (Å²) in [5.74, 6) is -1.96. The van der Waals surface area contributed by atoms with Crippen LogP contribution in [0.1, 0.15) is 30.6 Å². The fraction of sp³-hybridized carbons (Fsp3) is 0.538. The number of hydrogen-bond acceptors (Lipinski definition) is 4. The van der Waals surface area contributed by atoms with Crippen LogP contribution in [0.2, 0.25) is 0 Å². The highest BCUT2D eigenvalue weighted by atomic mass is 19.1. The Balaban J connectivity index is 2.39. The third kappa shape index (κ3) is 2.68. The van der Waals surface area contributed by atoms with Gasteiger partial charge in [0.15, 0.2) is 11.6 Å². The van der Waals surface area contributed by atoms with Crippen LogP contribution in [-0.2, 0) is 4.74 Å². The van der Waals surface area contributed by atoms with Gasteiger partial charge in [-0.3, -0.25) is 0 Å². The topological polar surface area (TPSA) is 62.7 Å². The minimum absolute atomic E-state index is 0.0160. The molecule has 1 aliphatic rings. The average molecular weight is 268 g/mol. The second-order valence-corrected chi connectivity index (χ2v) is 4.66. The molecule has 0 aromatic carbocycles. The van der Waals surface area contributed by atoms with Gasteiger partial charge in [-0.1, -0.05) is 6.92 Å². The number of hydrogen-bond donors (Lipinski definition) is 1. The van der Waals surface area contributed by atoms with Gasteiger partial charge in [-0.15, -0.1) is 0 Å². The number of ether oxygens (including phenoxy) is 1. The molecule has 5 nitrogen and oxygen atoms in total. The number of carboxylic acids is 1. The second-order valence-electron chi connectivity index (χ2n) is 4.66. The molecule has 0 saturated carbocycles. The maximum atomic E-state index is 14.2. The van der Waals surface area contributed by atoms with Crippen molar-refractivity contribution in [2.75, 3.05) is 18.1 Å². The minimum atomic E-state index is -1.28. The Bertz CT molecular complexity index is 481. The van der Waals surface area contributed by atoms with E-state index in [0.717, 1.165) is 6.42 Å². The van der Waals surface area contributed by atoms with Crippen molar-refractivity contribution in [2.45, 2.75) is 32.4 Å². The molecule has 6 heteroatoms. The predicted octanol–water partition coefficient (Wildman–Crippen LogP) is 1.92. The van der Waals surface area contributed by atoms with Crippen LogP contribution >= 0.6 is 0 Å². The zero-order chi connectivity index (χ0) is 14.0. The lowest BCUT2D eigenvalue weighted by Gasteiger charge is -2.39. The Hall–Kier alpha value is -1.69. The fourth-order valence-corrected chi connectivity index (χ4v) is 2.24. The highest BCUT2D eigenvalue weighted by Crippen LogP contribution is 2.25. The predicted molar refractivity (Wildman–Crippen MR) is 68.0 cm³/mol. The number of halogens is 1. The number of aromatic nitrogens is 1. The number of aromatic carboxylic acids is 1. The monoisotopic (exact) mass is 268 g/mol. The molecule has 1 aromatic rings. The highest BCUT2D eigenvalue weighted by Gasteiger charge is 2.30. The summed E-state index contributed by atoms with van der Waals surface area (Å²) >= 11 is 0. The lowest BCUT2D eigenvalue weighted by Crippen LogP contribution is -2.49. The summed E-state index contributed by atoms with van der Waals surface area (Å²) < 4.78 is 19.8. The molecule has 1 fully saturated rings. The molecular weight excluding hydrogens is 251 g/mol. The lowest BCUT2D eigenvalue weighted by atomic mass is 10.1. The van der Waals surface area contributed by atoms with Crippen LogP contribution in [0.5, 0.6) is 0 Å². The molecule has 0 bridgehead atoms. The molecular formula is C13H17FN2O3. The zero-order valence-electron chi connectivity index (χ0n) is 11.0. The molecule has 2 rings (SSSR count). The molecule has 2 unspecified atom stereocenters. The molecule has 19 heavy (non-hydrogen) atoms. The van der Waals surface area contributed by atoms with E-state index in [9.17, 15) is 9.18 Å². The molecule has 2 heterocycles. The molecule has 104 valence electrons. The Kier molecular flexibility index (Phi) is 3.99. The standard InChI is InChI=1S/C13H17FN2O3/c1-3-9-7-19-8(2)6-16(9)12-11(14)10(13(17)18)4-5-15-12/h4-5,8-9H,3,6-7H2,1-2H3,(H,17,18). The maximum absolute atomic E-state index is 14.2. The maximum Gasteiger partial charge on any atom is 0.338 e. The van der Waals surface area contributed by atoms with Gasteiger partial charge in [-0.25, -0.2) is 14.2 Å². The molecule has 1 aromatic heterocycles. The first-order valence-electron chi connectivity index (χ1n) is 6.30. The lowest BCUT2D eigenvalue weighted by molar-refractivity contribution is 0.0293.